The summed E-state index contributed by atoms with van der Waals surface area (Å²) in [5.74, 6) is 0.761. The van der Waals surface area contributed by atoms with Crippen molar-refractivity contribution < 1.29 is 9.53 Å². The number of hydrogen-bond acceptors (Lipinski definition) is 2. The summed E-state index contributed by atoms with van der Waals surface area (Å²) in [6.07, 6.45) is 0.341. The molecule has 0 aromatic heterocycles. The summed E-state index contributed by atoms with van der Waals surface area (Å²) in [5, 5.41) is 3.72. The average molecular weight is 348 g/mol. The number of nitrogens with one attached hydrogen (secondary N) is 1. The van der Waals surface area contributed by atoms with E-state index in [0.29, 0.717) is 11.8 Å². The fourth-order valence-electron chi connectivity index (χ4n) is 2.11. The van der Waals surface area contributed by atoms with Gasteiger partial charge in [-0.1, -0.05) is 58.4 Å². The van der Waals surface area contributed by atoms with Gasteiger partial charge < -0.3 is 10.1 Å². The van der Waals surface area contributed by atoms with E-state index in [1.54, 1.807) is 7.11 Å². The number of alkyl halides is 1. The lowest BCUT2D eigenvalue weighted by Crippen LogP contribution is -2.30. The maximum Gasteiger partial charge on any atom is 0.224 e. The van der Waals surface area contributed by atoms with Gasteiger partial charge in [-0.3, -0.25) is 4.79 Å². The standard InChI is InChI=1S/C17H18BrNO2/c1-21-15-9-5-6-13(10-15)11-17(20)19-16(12-18)14-7-3-2-4-8-14/h2-10,16H,11-12H2,1H3,(H,19,20). The first-order valence-corrected chi connectivity index (χ1v) is 7.88. The van der Waals surface area contributed by atoms with Crippen molar-refractivity contribution in [3.8, 4) is 5.75 Å². The number of amides is 1. The number of halogens is 1. The summed E-state index contributed by atoms with van der Waals surface area (Å²) >= 11 is 3.45. The van der Waals surface area contributed by atoms with Crippen molar-refractivity contribution in [3.63, 3.8) is 0 Å². The third kappa shape index (κ3) is 4.60. The molecule has 0 fully saturated rings. The Morgan fingerprint density at radius 3 is 2.62 bits per heavy atom. The van der Waals surface area contributed by atoms with Crippen LogP contribution in [0.4, 0.5) is 0 Å². The summed E-state index contributed by atoms with van der Waals surface area (Å²) in [6.45, 7) is 0. The normalized spacial score (nSPS) is 11.7. The van der Waals surface area contributed by atoms with Crippen LogP contribution in [0, 0.1) is 0 Å². The van der Waals surface area contributed by atoms with Gasteiger partial charge in [0.25, 0.3) is 0 Å². The summed E-state index contributed by atoms with van der Waals surface area (Å²) in [4.78, 5) is 12.2. The molecule has 0 radical (unpaired) electrons. The summed E-state index contributed by atoms with van der Waals surface area (Å²) < 4.78 is 5.17. The predicted octanol–water partition coefficient (Wildman–Crippen LogP) is 3.49. The molecule has 0 aliphatic heterocycles. The highest BCUT2D eigenvalue weighted by atomic mass is 79.9. The van der Waals surface area contributed by atoms with Crippen LogP contribution >= 0.6 is 15.9 Å². The molecule has 4 heteroatoms. The van der Waals surface area contributed by atoms with E-state index in [4.69, 9.17) is 4.74 Å². The van der Waals surface area contributed by atoms with Gasteiger partial charge in [-0.25, -0.2) is 0 Å². The quantitative estimate of drug-likeness (QED) is 0.812. The lowest BCUT2D eigenvalue weighted by Gasteiger charge is -2.16. The second-order valence-corrected chi connectivity index (χ2v) is 5.36. The zero-order chi connectivity index (χ0) is 15.1. The van der Waals surface area contributed by atoms with Crippen LogP contribution in [0.5, 0.6) is 5.75 Å². The summed E-state index contributed by atoms with van der Waals surface area (Å²) in [5.41, 5.74) is 2.03. The highest BCUT2D eigenvalue weighted by molar-refractivity contribution is 9.09. The average Bonchev–Trinajstić information content (AvgIpc) is 2.53. The van der Waals surface area contributed by atoms with Gasteiger partial charge in [-0.05, 0) is 23.3 Å². The Kier molecular flexibility index (Phi) is 5.81. The molecule has 1 N–H and O–H groups in total. The Morgan fingerprint density at radius 2 is 1.95 bits per heavy atom. The molecular weight excluding hydrogens is 330 g/mol. The number of hydrogen-bond donors (Lipinski definition) is 1. The van der Waals surface area contributed by atoms with Crippen molar-refractivity contribution in [2.75, 3.05) is 12.4 Å². The molecule has 1 unspecified atom stereocenters. The Morgan fingerprint density at radius 1 is 1.19 bits per heavy atom. The van der Waals surface area contributed by atoms with Crippen molar-refractivity contribution in [3.05, 3.63) is 65.7 Å². The van der Waals surface area contributed by atoms with Gasteiger partial charge in [0.05, 0.1) is 19.6 Å². The van der Waals surface area contributed by atoms with Crippen LogP contribution < -0.4 is 10.1 Å². The van der Waals surface area contributed by atoms with Gasteiger partial charge in [0.1, 0.15) is 5.75 Å². The monoisotopic (exact) mass is 347 g/mol. The zero-order valence-corrected chi connectivity index (χ0v) is 13.5. The van der Waals surface area contributed by atoms with E-state index in [1.807, 2.05) is 54.6 Å². The van der Waals surface area contributed by atoms with Crippen LogP contribution in [0.3, 0.4) is 0 Å². The van der Waals surface area contributed by atoms with E-state index in [1.165, 1.54) is 0 Å². The van der Waals surface area contributed by atoms with E-state index in [9.17, 15) is 4.79 Å². The Labute approximate surface area is 133 Å². The maximum atomic E-state index is 12.2. The number of carbonyl (C=O) groups excluding carboxylic acids is 1. The van der Waals surface area contributed by atoms with Crippen molar-refractivity contribution in [2.45, 2.75) is 12.5 Å². The maximum absolute atomic E-state index is 12.2. The van der Waals surface area contributed by atoms with Crippen LogP contribution in [0.15, 0.2) is 54.6 Å². The van der Waals surface area contributed by atoms with E-state index in [0.717, 1.165) is 16.9 Å². The molecule has 3 nitrogen and oxygen atoms in total. The van der Waals surface area contributed by atoms with Gasteiger partial charge in [0.2, 0.25) is 5.91 Å². The molecule has 0 saturated carbocycles. The van der Waals surface area contributed by atoms with Gasteiger partial charge in [-0.2, -0.15) is 0 Å². The van der Waals surface area contributed by atoms with Crippen LogP contribution in [-0.2, 0) is 11.2 Å². The highest BCUT2D eigenvalue weighted by Crippen LogP contribution is 2.16. The Bertz CT molecular complexity index is 586. The van der Waals surface area contributed by atoms with E-state index < -0.39 is 0 Å². The molecule has 0 bridgehead atoms. The minimum Gasteiger partial charge on any atom is -0.497 e. The first-order valence-electron chi connectivity index (χ1n) is 6.76. The lowest BCUT2D eigenvalue weighted by atomic mass is 10.1. The number of methoxy groups -OCH3 is 1. The molecule has 110 valence electrons. The first kappa shape index (κ1) is 15.6. The first-order chi connectivity index (χ1) is 10.2. The van der Waals surface area contributed by atoms with Gasteiger partial charge in [-0.15, -0.1) is 0 Å². The number of carbonyl (C=O) groups is 1. The van der Waals surface area contributed by atoms with Crippen molar-refractivity contribution in [2.24, 2.45) is 0 Å². The molecule has 0 heterocycles. The molecule has 1 amide bonds. The predicted molar refractivity (Wildman–Crippen MR) is 87.8 cm³/mol. The molecule has 0 aliphatic rings. The van der Waals surface area contributed by atoms with Crippen LogP contribution in [0.2, 0.25) is 0 Å². The van der Waals surface area contributed by atoms with E-state index >= 15 is 0 Å². The molecule has 2 aromatic rings. The zero-order valence-electron chi connectivity index (χ0n) is 11.9. The third-order valence-corrected chi connectivity index (χ3v) is 3.84. The summed E-state index contributed by atoms with van der Waals surface area (Å²) in [6, 6.07) is 17.5. The SMILES string of the molecule is COc1cccc(CC(=O)NC(CBr)c2ccccc2)c1. The summed E-state index contributed by atoms with van der Waals surface area (Å²) in [7, 11) is 1.62. The van der Waals surface area contributed by atoms with Crippen LogP contribution in [-0.4, -0.2) is 18.3 Å². The van der Waals surface area contributed by atoms with E-state index in [2.05, 4.69) is 21.2 Å². The van der Waals surface area contributed by atoms with Gasteiger partial charge in [0, 0.05) is 5.33 Å². The van der Waals surface area contributed by atoms with E-state index in [-0.39, 0.29) is 11.9 Å². The van der Waals surface area contributed by atoms with Crippen LogP contribution in [0.1, 0.15) is 17.2 Å². The smallest absolute Gasteiger partial charge is 0.224 e. The molecular formula is C17H18BrNO2. The lowest BCUT2D eigenvalue weighted by molar-refractivity contribution is -0.121. The molecule has 1 atom stereocenters. The molecule has 0 aliphatic carbocycles. The second kappa shape index (κ2) is 7.84. The topological polar surface area (TPSA) is 38.3 Å². The number of rotatable bonds is 6. The van der Waals surface area contributed by atoms with Crippen LogP contribution in [0.25, 0.3) is 0 Å². The Balaban J connectivity index is 2.00. The molecule has 0 saturated heterocycles. The largest absolute Gasteiger partial charge is 0.497 e. The fraction of sp³-hybridized carbons (Fsp3) is 0.235. The second-order valence-electron chi connectivity index (χ2n) is 4.71. The minimum atomic E-state index is -0.0238. The Hall–Kier alpha value is -1.81. The molecule has 21 heavy (non-hydrogen) atoms. The molecule has 0 spiro atoms. The molecule has 2 aromatic carbocycles. The number of benzene rings is 2. The van der Waals surface area contributed by atoms with Crippen molar-refractivity contribution in [1.29, 1.82) is 0 Å². The van der Waals surface area contributed by atoms with Gasteiger partial charge in [0.15, 0.2) is 0 Å². The highest BCUT2D eigenvalue weighted by Gasteiger charge is 2.13. The molecule has 2 rings (SSSR count). The van der Waals surface area contributed by atoms with Crippen molar-refractivity contribution >= 4 is 21.8 Å². The van der Waals surface area contributed by atoms with Crippen molar-refractivity contribution in [1.82, 2.24) is 5.32 Å². The number of ether oxygens (including phenoxy) is 1. The fourth-order valence-corrected chi connectivity index (χ4v) is 2.65. The van der Waals surface area contributed by atoms with Gasteiger partial charge >= 0.3 is 0 Å². The minimum absolute atomic E-state index is 0.00319. The third-order valence-electron chi connectivity index (χ3n) is 3.19.